The van der Waals surface area contributed by atoms with Gasteiger partial charge in [0.05, 0.1) is 20.1 Å². The second kappa shape index (κ2) is 6.07. The minimum Gasteiger partial charge on any atom is -1.00 e. The van der Waals surface area contributed by atoms with Crippen molar-refractivity contribution in [3.63, 3.8) is 0 Å². The fourth-order valence-electron chi connectivity index (χ4n) is 3.72. The first-order chi connectivity index (χ1) is 10.6. The lowest BCUT2D eigenvalue weighted by Crippen LogP contribution is -3.00. The summed E-state index contributed by atoms with van der Waals surface area (Å²) in [5, 5.41) is 12.4. The largest absolute Gasteiger partial charge is 1.00 e. The van der Waals surface area contributed by atoms with Gasteiger partial charge in [0.15, 0.2) is 0 Å². The Labute approximate surface area is 158 Å². The SMILES string of the molecule is C[N+]1=C2N(CCC1)c1ccccc1C2(O)c1cccc(Cl)c1.[I-]. The Morgan fingerprint density at radius 2 is 1.96 bits per heavy atom. The smallest absolute Gasteiger partial charge is 0.294 e. The van der Waals surface area contributed by atoms with Gasteiger partial charge >= 0.3 is 0 Å². The monoisotopic (exact) mass is 440 g/mol. The van der Waals surface area contributed by atoms with Crippen LogP contribution in [0.4, 0.5) is 5.69 Å². The Balaban J connectivity index is 0.00000156. The van der Waals surface area contributed by atoms with Gasteiger partial charge in [0.2, 0.25) is 5.60 Å². The van der Waals surface area contributed by atoms with Crippen LogP contribution < -0.4 is 28.9 Å². The Hall–Kier alpha value is -1.11. The van der Waals surface area contributed by atoms with Gasteiger partial charge in [-0.3, -0.25) is 4.58 Å². The van der Waals surface area contributed by atoms with E-state index in [1.165, 1.54) is 0 Å². The number of rotatable bonds is 1. The Morgan fingerprint density at radius 3 is 2.74 bits per heavy atom. The maximum absolute atomic E-state index is 11.7. The summed E-state index contributed by atoms with van der Waals surface area (Å²) in [5.41, 5.74) is 1.70. The van der Waals surface area contributed by atoms with Crippen molar-refractivity contribution in [2.75, 3.05) is 25.0 Å². The molecule has 0 saturated carbocycles. The molecule has 0 fully saturated rings. The lowest BCUT2D eigenvalue weighted by atomic mass is 9.87. The molecule has 1 N–H and O–H groups in total. The van der Waals surface area contributed by atoms with Crippen LogP contribution in [0.15, 0.2) is 48.5 Å². The minimum absolute atomic E-state index is 0. The highest BCUT2D eigenvalue weighted by molar-refractivity contribution is 6.30. The first-order valence-corrected chi connectivity index (χ1v) is 7.94. The van der Waals surface area contributed by atoms with E-state index in [0.29, 0.717) is 5.02 Å². The molecule has 0 spiro atoms. The summed E-state index contributed by atoms with van der Waals surface area (Å²) in [6.45, 7) is 1.88. The van der Waals surface area contributed by atoms with E-state index >= 15 is 0 Å². The number of nitrogens with zero attached hydrogens (tertiary/aromatic N) is 2. The van der Waals surface area contributed by atoms with Crippen molar-refractivity contribution in [2.24, 2.45) is 0 Å². The first-order valence-electron chi connectivity index (χ1n) is 7.56. The molecule has 0 bridgehead atoms. The molecule has 2 aromatic rings. The van der Waals surface area contributed by atoms with Crippen LogP contribution in [0.3, 0.4) is 0 Å². The zero-order valence-electron chi connectivity index (χ0n) is 12.8. The van der Waals surface area contributed by atoms with Crippen LogP contribution in [0.2, 0.25) is 5.02 Å². The van der Waals surface area contributed by atoms with Gasteiger partial charge in [0.1, 0.15) is 5.69 Å². The zero-order chi connectivity index (χ0) is 15.3. The predicted octanol–water partition coefficient (Wildman–Crippen LogP) is -0.156. The topological polar surface area (TPSA) is 26.5 Å². The number of hydrogen-bond acceptors (Lipinski definition) is 2. The van der Waals surface area contributed by atoms with Crippen LogP contribution in [-0.2, 0) is 5.60 Å². The van der Waals surface area contributed by atoms with E-state index in [1.807, 2.05) is 49.5 Å². The Bertz CT molecular complexity index is 792. The average molecular weight is 441 g/mol. The quantitative estimate of drug-likeness (QED) is 0.493. The van der Waals surface area contributed by atoms with Crippen LogP contribution >= 0.6 is 11.6 Å². The molecule has 2 aliphatic rings. The van der Waals surface area contributed by atoms with Crippen LogP contribution in [0.1, 0.15) is 17.5 Å². The molecule has 120 valence electrons. The summed E-state index contributed by atoms with van der Waals surface area (Å²) in [7, 11) is 2.04. The average Bonchev–Trinajstić information content (AvgIpc) is 2.80. The molecule has 2 aromatic carbocycles. The molecule has 0 aromatic heterocycles. The van der Waals surface area contributed by atoms with Gasteiger partial charge in [-0.2, -0.15) is 0 Å². The van der Waals surface area contributed by atoms with E-state index in [1.54, 1.807) is 0 Å². The minimum atomic E-state index is -1.14. The standard InChI is InChI=1S/C18H18ClN2O.HI/c1-20-10-5-11-21-16-9-3-2-8-15(16)18(22,17(20)21)13-6-4-7-14(19)12-13;/h2-4,6-9,12,22H,5,10-11H2,1H3;1H/q+1;/p-1. The second-order valence-electron chi connectivity index (χ2n) is 5.99. The normalized spacial score (nSPS) is 22.5. The number of benzene rings is 2. The molecule has 5 heteroatoms. The van der Waals surface area contributed by atoms with Crippen molar-refractivity contribution >= 4 is 23.1 Å². The molecular formula is C18H18ClIN2O. The van der Waals surface area contributed by atoms with E-state index in [2.05, 4.69) is 15.5 Å². The highest BCUT2D eigenvalue weighted by Crippen LogP contribution is 2.45. The summed E-state index contributed by atoms with van der Waals surface area (Å²) in [4.78, 5) is 2.24. The molecule has 0 radical (unpaired) electrons. The number of fused-ring (bicyclic) bond motifs is 3. The number of para-hydroxylation sites is 1. The molecular weight excluding hydrogens is 423 g/mol. The van der Waals surface area contributed by atoms with Crippen LogP contribution in [0, 0.1) is 0 Å². The van der Waals surface area contributed by atoms with E-state index in [4.69, 9.17) is 11.6 Å². The summed E-state index contributed by atoms with van der Waals surface area (Å²) < 4.78 is 2.16. The molecule has 4 rings (SSSR count). The molecule has 2 heterocycles. The number of hydrogen-bond donors (Lipinski definition) is 1. The first kappa shape index (κ1) is 16.7. The lowest BCUT2D eigenvalue weighted by Gasteiger charge is -2.27. The number of anilines is 1. The van der Waals surface area contributed by atoms with Crippen molar-refractivity contribution < 1.29 is 33.7 Å². The molecule has 0 aliphatic carbocycles. The van der Waals surface area contributed by atoms with Gasteiger partial charge in [0.25, 0.3) is 5.84 Å². The van der Waals surface area contributed by atoms with Gasteiger partial charge in [-0.15, -0.1) is 0 Å². The van der Waals surface area contributed by atoms with Gasteiger partial charge in [-0.05, 0) is 18.2 Å². The summed E-state index contributed by atoms with van der Waals surface area (Å²) in [6.07, 6.45) is 1.08. The third-order valence-electron chi connectivity index (χ3n) is 4.64. The molecule has 0 amide bonds. The van der Waals surface area contributed by atoms with Gasteiger partial charge in [0, 0.05) is 22.6 Å². The van der Waals surface area contributed by atoms with E-state index in [9.17, 15) is 5.11 Å². The van der Waals surface area contributed by atoms with Crippen LogP contribution in [0.5, 0.6) is 0 Å². The Kier molecular flexibility index (Phi) is 4.42. The second-order valence-corrected chi connectivity index (χ2v) is 6.42. The van der Waals surface area contributed by atoms with Gasteiger partial charge < -0.3 is 29.1 Å². The van der Waals surface area contributed by atoms with Crippen molar-refractivity contribution in [1.82, 2.24) is 0 Å². The Morgan fingerprint density at radius 1 is 1.17 bits per heavy atom. The number of aliphatic hydroxyl groups is 1. The van der Waals surface area contributed by atoms with Crippen LogP contribution in [0.25, 0.3) is 0 Å². The predicted molar refractivity (Wildman–Crippen MR) is 88.9 cm³/mol. The molecule has 0 saturated heterocycles. The van der Waals surface area contributed by atoms with Crippen molar-refractivity contribution in [3.8, 4) is 0 Å². The third-order valence-corrected chi connectivity index (χ3v) is 4.88. The van der Waals surface area contributed by atoms with Crippen molar-refractivity contribution in [2.45, 2.75) is 12.0 Å². The highest BCUT2D eigenvalue weighted by atomic mass is 127. The fraction of sp³-hybridized carbons (Fsp3) is 0.278. The number of amidine groups is 1. The van der Waals surface area contributed by atoms with Crippen molar-refractivity contribution in [1.29, 1.82) is 0 Å². The molecule has 2 aliphatic heterocycles. The molecule has 1 unspecified atom stereocenters. The molecule has 3 nitrogen and oxygen atoms in total. The fourth-order valence-corrected chi connectivity index (χ4v) is 3.91. The molecule has 1 atom stereocenters. The molecule has 23 heavy (non-hydrogen) atoms. The third kappa shape index (κ3) is 2.39. The lowest BCUT2D eigenvalue weighted by molar-refractivity contribution is -0.505. The maximum Gasteiger partial charge on any atom is 0.294 e. The van der Waals surface area contributed by atoms with E-state index in [-0.39, 0.29) is 24.0 Å². The zero-order valence-corrected chi connectivity index (χ0v) is 15.8. The summed E-state index contributed by atoms with van der Waals surface area (Å²) >= 11 is 6.18. The van der Waals surface area contributed by atoms with Gasteiger partial charge in [-0.25, -0.2) is 4.90 Å². The maximum atomic E-state index is 11.7. The van der Waals surface area contributed by atoms with Crippen molar-refractivity contribution in [3.05, 3.63) is 64.7 Å². The summed E-state index contributed by atoms with van der Waals surface area (Å²) in [6, 6.07) is 15.6. The summed E-state index contributed by atoms with van der Waals surface area (Å²) in [5.74, 6) is 0.933. The van der Waals surface area contributed by atoms with E-state index in [0.717, 1.165) is 42.2 Å². The van der Waals surface area contributed by atoms with Gasteiger partial charge in [-0.1, -0.05) is 41.9 Å². The van der Waals surface area contributed by atoms with Crippen LogP contribution in [-0.4, -0.2) is 35.7 Å². The van der Waals surface area contributed by atoms with E-state index < -0.39 is 5.60 Å². The highest BCUT2D eigenvalue weighted by Gasteiger charge is 2.56. The number of halogens is 2.